The Morgan fingerprint density at radius 1 is 1.00 bits per heavy atom. The predicted molar refractivity (Wildman–Crippen MR) is 109 cm³/mol. The molecule has 0 amide bonds. The van der Waals surface area contributed by atoms with Gasteiger partial charge in [0.25, 0.3) is 0 Å². The summed E-state index contributed by atoms with van der Waals surface area (Å²) >= 11 is 0. The van der Waals surface area contributed by atoms with Gasteiger partial charge in [0.1, 0.15) is 0 Å². The quantitative estimate of drug-likeness (QED) is 0.751. The average molecular weight is 367 g/mol. The molecule has 0 bridgehead atoms. The molecule has 4 heteroatoms. The van der Waals surface area contributed by atoms with E-state index < -0.39 is 0 Å². The van der Waals surface area contributed by atoms with Crippen LogP contribution in [0.1, 0.15) is 36.5 Å². The normalized spacial score (nSPS) is 15.6. The summed E-state index contributed by atoms with van der Waals surface area (Å²) in [6.07, 6.45) is 4.80. The Morgan fingerprint density at radius 2 is 1.79 bits per heavy atom. The molecule has 0 aliphatic heterocycles. The topological polar surface area (TPSA) is 24.1 Å². The van der Waals surface area contributed by atoms with Gasteiger partial charge in [-0.05, 0) is 55.0 Å². The van der Waals surface area contributed by atoms with Gasteiger partial charge in [0.15, 0.2) is 0 Å². The molecule has 2 aromatic rings. The van der Waals surface area contributed by atoms with Gasteiger partial charge < -0.3 is 10.6 Å². The van der Waals surface area contributed by atoms with Gasteiger partial charge in [-0.1, -0.05) is 49.4 Å². The van der Waals surface area contributed by atoms with Crippen molar-refractivity contribution in [1.29, 1.82) is 0 Å². The summed E-state index contributed by atoms with van der Waals surface area (Å²) in [4.78, 5) is 0. The van der Waals surface area contributed by atoms with E-state index in [-0.39, 0.29) is 24.8 Å². The summed E-state index contributed by atoms with van der Waals surface area (Å²) < 4.78 is 0. The zero-order chi connectivity index (χ0) is 15.2. The van der Waals surface area contributed by atoms with Gasteiger partial charge in [-0.15, -0.1) is 24.8 Å². The molecular weight excluding hydrogens is 339 g/mol. The molecule has 1 aliphatic rings. The van der Waals surface area contributed by atoms with E-state index in [0.29, 0.717) is 6.04 Å². The first kappa shape index (κ1) is 20.8. The van der Waals surface area contributed by atoms with Crippen LogP contribution >= 0.6 is 24.8 Å². The lowest BCUT2D eigenvalue weighted by molar-refractivity contribution is 0.459. The minimum atomic E-state index is 0. The Kier molecular flexibility index (Phi) is 9.20. The highest BCUT2D eigenvalue weighted by atomic mass is 35.5. The van der Waals surface area contributed by atoms with Gasteiger partial charge in [-0.3, -0.25) is 0 Å². The maximum atomic E-state index is 3.67. The van der Waals surface area contributed by atoms with Crippen molar-refractivity contribution in [1.82, 2.24) is 5.32 Å². The van der Waals surface area contributed by atoms with E-state index in [2.05, 4.69) is 66.1 Å². The van der Waals surface area contributed by atoms with E-state index in [0.717, 1.165) is 19.5 Å². The number of hydrogen-bond donors (Lipinski definition) is 2. The van der Waals surface area contributed by atoms with Crippen LogP contribution in [0.25, 0.3) is 0 Å². The Morgan fingerprint density at radius 3 is 2.54 bits per heavy atom. The number of halogens is 2. The second-order valence-corrected chi connectivity index (χ2v) is 6.18. The van der Waals surface area contributed by atoms with Gasteiger partial charge in [0, 0.05) is 18.3 Å². The number of rotatable bonds is 6. The highest BCUT2D eigenvalue weighted by molar-refractivity contribution is 5.85. The fraction of sp³-hybridized carbons (Fsp3) is 0.400. The van der Waals surface area contributed by atoms with Crippen molar-refractivity contribution >= 4 is 30.5 Å². The SMILES string of the molecule is CCCNC1CCc2c(cccc2NCc2ccccc2)C1.Cl.Cl. The number of anilines is 1. The van der Waals surface area contributed by atoms with E-state index >= 15 is 0 Å². The molecular formula is C20H28Cl2N2. The van der Waals surface area contributed by atoms with Crippen molar-refractivity contribution in [2.45, 2.75) is 45.2 Å². The lowest BCUT2D eigenvalue weighted by Gasteiger charge is -2.27. The van der Waals surface area contributed by atoms with E-state index in [4.69, 9.17) is 0 Å². The van der Waals surface area contributed by atoms with Gasteiger partial charge in [0.05, 0.1) is 0 Å². The summed E-state index contributed by atoms with van der Waals surface area (Å²) in [7, 11) is 0. The van der Waals surface area contributed by atoms with E-state index in [1.54, 1.807) is 0 Å². The lowest BCUT2D eigenvalue weighted by atomic mass is 9.87. The van der Waals surface area contributed by atoms with Crippen LogP contribution in [-0.4, -0.2) is 12.6 Å². The summed E-state index contributed by atoms with van der Waals surface area (Å²) in [6, 6.07) is 18.0. The second kappa shape index (κ2) is 10.6. The molecule has 1 atom stereocenters. The molecule has 0 heterocycles. The highest BCUT2D eigenvalue weighted by Gasteiger charge is 2.19. The number of benzene rings is 2. The summed E-state index contributed by atoms with van der Waals surface area (Å²) in [5.41, 5.74) is 5.68. The minimum Gasteiger partial charge on any atom is -0.381 e. The van der Waals surface area contributed by atoms with Crippen molar-refractivity contribution in [3.63, 3.8) is 0 Å². The van der Waals surface area contributed by atoms with E-state index in [1.807, 2.05) is 0 Å². The van der Waals surface area contributed by atoms with Crippen molar-refractivity contribution in [2.24, 2.45) is 0 Å². The fourth-order valence-electron chi connectivity index (χ4n) is 3.29. The first-order chi connectivity index (χ1) is 10.9. The van der Waals surface area contributed by atoms with E-state index in [1.165, 1.54) is 41.6 Å². The van der Waals surface area contributed by atoms with E-state index in [9.17, 15) is 0 Å². The third-order valence-corrected chi connectivity index (χ3v) is 4.49. The highest BCUT2D eigenvalue weighted by Crippen LogP contribution is 2.28. The maximum absolute atomic E-state index is 3.67. The van der Waals surface area contributed by atoms with Crippen LogP contribution in [0.5, 0.6) is 0 Å². The van der Waals surface area contributed by atoms with Gasteiger partial charge in [-0.2, -0.15) is 0 Å². The zero-order valence-electron chi connectivity index (χ0n) is 14.3. The molecule has 0 fully saturated rings. The van der Waals surface area contributed by atoms with Crippen LogP contribution < -0.4 is 10.6 Å². The molecule has 2 N–H and O–H groups in total. The Hall–Kier alpha value is -1.22. The van der Waals surface area contributed by atoms with Crippen LogP contribution in [-0.2, 0) is 19.4 Å². The van der Waals surface area contributed by atoms with Crippen molar-refractivity contribution in [3.8, 4) is 0 Å². The van der Waals surface area contributed by atoms with Gasteiger partial charge in [0.2, 0.25) is 0 Å². The molecule has 0 spiro atoms. The molecule has 2 nitrogen and oxygen atoms in total. The molecule has 0 aromatic heterocycles. The van der Waals surface area contributed by atoms with Crippen molar-refractivity contribution in [3.05, 3.63) is 65.2 Å². The number of nitrogens with one attached hydrogen (secondary N) is 2. The summed E-state index contributed by atoms with van der Waals surface area (Å²) in [6.45, 7) is 4.26. The molecule has 132 valence electrons. The van der Waals surface area contributed by atoms with Crippen LogP contribution in [0, 0.1) is 0 Å². The largest absolute Gasteiger partial charge is 0.381 e. The third kappa shape index (κ3) is 5.41. The van der Waals surface area contributed by atoms with Gasteiger partial charge in [-0.25, -0.2) is 0 Å². The molecule has 0 radical (unpaired) electrons. The molecule has 2 aromatic carbocycles. The lowest BCUT2D eigenvalue weighted by Crippen LogP contribution is -2.35. The van der Waals surface area contributed by atoms with Crippen LogP contribution in [0.3, 0.4) is 0 Å². The molecule has 1 aliphatic carbocycles. The van der Waals surface area contributed by atoms with Crippen LogP contribution in [0.15, 0.2) is 48.5 Å². The minimum absolute atomic E-state index is 0. The smallest absolute Gasteiger partial charge is 0.0400 e. The average Bonchev–Trinajstić information content (AvgIpc) is 2.58. The zero-order valence-corrected chi connectivity index (χ0v) is 15.9. The molecule has 24 heavy (non-hydrogen) atoms. The Labute approximate surface area is 158 Å². The molecule has 3 rings (SSSR count). The summed E-state index contributed by atoms with van der Waals surface area (Å²) in [5.74, 6) is 0. The first-order valence-corrected chi connectivity index (χ1v) is 8.48. The monoisotopic (exact) mass is 366 g/mol. The van der Waals surface area contributed by atoms with Crippen molar-refractivity contribution in [2.75, 3.05) is 11.9 Å². The molecule has 0 saturated carbocycles. The predicted octanol–water partition coefficient (Wildman–Crippen LogP) is 5.00. The van der Waals surface area contributed by atoms with Gasteiger partial charge >= 0.3 is 0 Å². The fourth-order valence-corrected chi connectivity index (χ4v) is 3.29. The van der Waals surface area contributed by atoms with Crippen molar-refractivity contribution < 1.29 is 0 Å². The molecule has 0 saturated heterocycles. The van der Waals surface area contributed by atoms with Crippen LogP contribution in [0.2, 0.25) is 0 Å². The number of fused-ring (bicyclic) bond motifs is 1. The molecule has 1 unspecified atom stereocenters. The standard InChI is InChI=1S/C20H26N2.2ClH/c1-2-13-21-18-11-12-19-17(14-18)9-6-10-20(19)22-15-16-7-4-3-5-8-16;;/h3-10,18,21-22H,2,11-15H2,1H3;2*1H. The Balaban J connectivity index is 0.00000144. The second-order valence-electron chi connectivity index (χ2n) is 6.18. The van der Waals surface area contributed by atoms with Crippen LogP contribution in [0.4, 0.5) is 5.69 Å². The maximum Gasteiger partial charge on any atom is 0.0400 e. The Bertz CT molecular complexity index is 602. The number of hydrogen-bond acceptors (Lipinski definition) is 2. The first-order valence-electron chi connectivity index (χ1n) is 8.48. The third-order valence-electron chi connectivity index (χ3n) is 4.49. The summed E-state index contributed by atoms with van der Waals surface area (Å²) in [5, 5.41) is 7.30.